The molecule has 0 aromatic rings. The predicted octanol–water partition coefficient (Wildman–Crippen LogP) is 0.630. The second-order valence-electron chi connectivity index (χ2n) is 2.34. The lowest BCUT2D eigenvalue weighted by atomic mass is 10.3. The van der Waals surface area contributed by atoms with Crippen LogP contribution in [0.2, 0.25) is 0 Å². The highest BCUT2D eigenvalue weighted by atomic mass is 19.3. The Bertz CT molecular complexity index is 93.7. The van der Waals surface area contributed by atoms with E-state index in [9.17, 15) is 8.78 Å². The Morgan fingerprint density at radius 2 is 2.40 bits per heavy atom. The van der Waals surface area contributed by atoms with E-state index in [1.165, 1.54) is 0 Å². The number of alkyl halides is 2. The summed E-state index contributed by atoms with van der Waals surface area (Å²) in [5, 5.41) is 3.03. The molecule has 1 aliphatic rings. The predicted molar refractivity (Wildman–Crippen MR) is 33.2 cm³/mol. The van der Waals surface area contributed by atoms with Gasteiger partial charge in [0.25, 0.3) is 6.43 Å². The molecule has 0 bridgehead atoms. The summed E-state index contributed by atoms with van der Waals surface area (Å²) in [6, 6.07) is 0. The van der Waals surface area contributed by atoms with E-state index in [-0.39, 0.29) is 6.10 Å². The summed E-state index contributed by atoms with van der Waals surface area (Å²) in [5.74, 6) is 0. The van der Waals surface area contributed by atoms with Crippen LogP contribution in [-0.4, -0.2) is 32.2 Å². The van der Waals surface area contributed by atoms with Gasteiger partial charge < -0.3 is 10.1 Å². The Morgan fingerprint density at radius 1 is 1.60 bits per heavy atom. The van der Waals surface area contributed by atoms with Gasteiger partial charge in [0, 0.05) is 6.54 Å². The molecule has 2 nitrogen and oxygen atoms in total. The normalized spacial score (nSPS) is 26.1. The Labute approximate surface area is 58.6 Å². The van der Waals surface area contributed by atoms with Crippen LogP contribution in [0.3, 0.4) is 0 Å². The summed E-state index contributed by atoms with van der Waals surface area (Å²) in [4.78, 5) is 0. The molecule has 1 heterocycles. The molecule has 0 saturated carbocycles. The van der Waals surface area contributed by atoms with Gasteiger partial charge in [-0.25, -0.2) is 8.78 Å². The zero-order valence-electron chi connectivity index (χ0n) is 5.65. The number of rotatable bonds is 3. The zero-order chi connectivity index (χ0) is 7.40. The number of hydrogen-bond acceptors (Lipinski definition) is 2. The van der Waals surface area contributed by atoms with Crippen LogP contribution in [0, 0.1) is 0 Å². The van der Waals surface area contributed by atoms with Crippen LogP contribution in [0.5, 0.6) is 0 Å². The SMILES string of the molecule is FC(F)COC1CCNC1. The molecule has 0 amide bonds. The van der Waals surface area contributed by atoms with Crippen molar-refractivity contribution in [1.82, 2.24) is 5.32 Å². The largest absolute Gasteiger partial charge is 0.371 e. The molecule has 1 rings (SSSR count). The Hall–Kier alpha value is -0.220. The fraction of sp³-hybridized carbons (Fsp3) is 1.00. The van der Waals surface area contributed by atoms with E-state index >= 15 is 0 Å². The first kappa shape index (κ1) is 7.88. The third kappa shape index (κ3) is 2.58. The molecule has 0 aromatic carbocycles. The number of ether oxygens (including phenoxy) is 1. The van der Waals surface area contributed by atoms with Crippen molar-refractivity contribution < 1.29 is 13.5 Å². The second-order valence-corrected chi connectivity index (χ2v) is 2.34. The van der Waals surface area contributed by atoms with Crippen molar-refractivity contribution >= 4 is 0 Å². The molecule has 1 saturated heterocycles. The minimum absolute atomic E-state index is 0.00833. The molecule has 0 radical (unpaired) electrons. The van der Waals surface area contributed by atoms with Crippen molar-refractivity contribution in [2.75, 3.05) is 19.7 Å². The molecule has 60 valence electrons. The van der Waals surface area contributed by atoms with E-state index in [1.807, 2.05) is 0 Å². The van der Waals surface area contributed by atoms with Crippen molar-refractivity contribution in [3.8, 4) is 0 Å². The first-order valence-corrected chi connectivity index (χ1v) is 3.39. The van der Waals surface area contributed by atoms with Crippen molar-refractivity contribution in [3.05, 3.63) is 0 Å². The van der Waals surface area contributed by atoms with Crippen LogP contribution in [0.1, 0.15) is 6.42 Å². The lowest BCUT2D eigenvalue weighted by Gasteiger charge is -2.08. The van der Waals surface area contributed by atoms with Crippen molar-refractivity contribution in [3.63, 3.8) is 0 Å². The van der Waals surface area contributed by atoms with E-state index in [0.29, 0.717) is 6.54 Å². The first-order valence-electron chi connectivity index (χ1n) is 3.39. The van der Waals surface area contributed by atoms with Crippen LogP contribution in [0.4, 0.5) is 8.78 Å². The maximum Gasteiger partial charge on any atom is 0.261 e. The topological polar surface area (TPSA) is 21.3 Å². The van der Waals surface area contributed by atoms with Crippen molar-refractivity contribution in [2.45, 2.75) is 19.0 Å². The summed E-state index contributed by atoms with van der Waals surface area (Å²) in [5.41, 5.74) is 0. The molecule has 1 aliphatic heterocycles. The quantitative estimate of drug-likeness (QED) is 0.638. The molecule has 1 N–H and O–H groups in total. The Kier molecular flexibility index (Phi) is 3.02. The number of halogens is 2. The Balaban J connectivity index is 2.01. The van der Waals surface area contributed by atoms with Gasteiger partial charge >= 0.3 is 0 Å². The lowest BCUT2D eigenvalue weighted by Crippen LogP contribution is -2.19. The summed E-state index contributed by atoms with van der Waals surface area (Å²) < 4.78 is 27.9. The molecule has 1 unspecified atom stereocenters. The van der Waals surface area contributed by atoms with Gasteiger partial charge in [-0.05, 0) is 13.0 Å². The highest BCUT2D eigenvalue weighted by molar-refractivity contribution is 4.70. The van der Waals surface area contributed by atoms with Crippen molar-refractivity contribution in [2.24, 2.45) is 0 Å². The summed E-state index contributed by atoms with van der Waals surface area (Å²) >= 11 is 0. The lowest BCUT2D eigenvalue weighted by molar-refractivity contribution is -0.0162. The monoisotopic (exact) mass is 151 g/mol. The molecular weight excluding hydrogens is 140 g/mol. The smallest absolute Gasteiger partial charge is 0.261 e. The molecular formula is C6H11F2NO. The second kappa shape index (κ2) is 3.83. The van der Waals surface area contributed by atoms with Crippen LogP contribution in [0.15, 0.2) is 0 Å². The van der Waals surface area contributed by atoms with Gasteiger partial charge in [0.1, 0.15) is 6.61 Å². The summed E-state index contributed by atoms with van der Waals surface area (Å²) in [6.45, 7) is 1.17. The average molecular weight is 151 g/mol. The highest BCUT2D eigenvalue weighted by Gasteiger charge is 2.16. The average Bonchev–Trinajstić information content (AvgIpc) is 2.34. The van der Waals surface area contributed by atoms with Gasteiger partial charge in [-0.1, -0.05) is 0 Å². The molecule has 10 heavy (non-hydrogen) atoms. The number of hydrogen-bond donors (Lipinski definition) is 1. The van der Waals surface area contributed by atoms with Crippen LogP contribution >= 0.6 is 0 Å². The van der Waals surface area contributed by atoms with E-state index in [4.69, 9.17) is 4.74 Å². The van der Waals surface area contributed by atoms with Gasteiger partial charge in [0.2, 0.25) is 0 Å². The van der Waals surface area contributed by atoms with Gasteiger partial charge in [-0.2, -0.15) is 0 Å². The molecule has 1 atom stereocenters. The van der Waals surface area contributed by atoms with Crippen LogP contribution in [0.25, 0.3) is 0 Å². The van der Waals surface area contributed by atoms with E-state index < -0.39 is 13.0 Å². The zero-order valence-corrected chi connectivity index (χ0v) is 5.65. The van der Waals surface area contributed by atoms with Gasteiger partial charge in [-0.3, -0.25) is 0 Å². The maximum atomic E-state index is 11.5. The summed E-state index contributed by atoms with van der Waals surface area (Å²) in [6.07, 6.45) is -1.47. The third-order valence-electron chi connectivity index (χ3n) is 1.47. The fourth-order valence-electron chi connectivity index (χ4n) is 0.979. The fourth-order valence-corrected chi connectivity index (χ4v) is 0.979. The van der Waals surface area contributed by atoms with Crippen LogP contribution < -0.4 is 5.32 Å². The van der Waals surface area contributed by atoms with E-state index in [0.717, 1.165) is 13.0 Å². The standard InChI is InChI=1S/C6H11F2NO/c7-6(8)4-10-5-1-2-9-3-5/h5-6,9H,1-4H2. The van der Waals surface area contributed by atoms with Gasteiger partial charge in [0.15, 0.2) is 0 Å². The molecule has 0 aromatic heterocycles. The molecule has 0 spiro atoms. The molecule has 0 aliphatic carbocycles. The molecule has 1 fully saturated rings. The van der Waals surface area contributed by atoms with Gasteiger partial charge in [0.05, 0.1) is 6.10 Å². The highest BCUT2D eigenvalue weighted by Crippen LogP contribution is 2.04. The van der Waals surface area contributed by atoms with Crippen molar-refractivity contribution in [1.29, 1.82) is 0 Å². The third-order valence-corrected chi connectivity index (χ3v) is 1.47. The minimum Gasteiger partial charge on any atom is -0.371 e. The van der Waals surface area contributed by atoms with Gasteiger partial charge in [-0.15, -0.1) is 0 Å². The van der Waals surface area contributed by atoms with E-state index in [2.05, 4.69) is 5.32 Å². The Morgan fingerprint density at radius 3 is 2.90 bits per heavy atom. The van der Waals surface area contributed by atoms with E-state index in [1.54, 1.807) is 0 Å². The molecule has 4 heteroatoms. The first-order chi connectivity index (χ1) is 4.79. The maximum absolute atomic E-state index is 11.5. The summed E-state index contributed by atoms with van der Waals surface area (Å²) in [7, 11) is 0. The van der Waals surface area contributed by atoms with Crippen LogP contribution in [-0.2, 0) is 4.74 Å². The number of nitrogens with one attached hydrogen (secondary N) is 1. The minimum atomic E-state index is -2.33.